The average molecular weight is 304 g/mol. The molecule has 0 aliphatic carbocycles. The van der Waals surface area contributed by atoms with Crippen molar-refractivity contribution in [2.45, 2.75) is 10.1 Å². The molecule has 2 heterocycles. The van der Waals surface area contributed by atoms with E-state index in [0.717, 1.165) is 0 Å². The maximum Gasteiger partial charge on any atom is 0.257 e. The Hall–Kier alpha value is -2.59. The first-order chi connectivity index (χ1) is 10.2. The van der Waals surface area contributed by atoms with Crippen molar-refractivity contribution in [2.24, 2.45) is 5.84 Å². The van der Waals surface area contributed by atoms with E-state index in [1.165, 1.54) is 41.2 Å². The molecule has 106 valence electrons. The fourth-order valence-electron chi connectivity index (χ4n) is 1.51. The fourth-order valence-corrected chi connectivity index (χ4v) is 2.29. The standard InChI is InChI=1S/C11H9FN8S/c12-7-2-1-3-8(4-7)21-11-17-9(19-13)16-10(18-11)20-6-14-5-15-20/h1-6H,13H2,(H,16,17,18,19). The number of nitrogens with two attached hydrogens (primary N) is 1. The molecule has 3 aromatic rings. The molecule has 8 nitrogen and oxygen atoms in total. The van der Waals surface area contributed by atoms with Gasteiger partial charge in [-0.05, 0) is 30.0 Å². The highest BCUT2D eigenvalue weighted by Crippen LogP contribution is 2.25. The van der Waals surface area contributed by atoms with Crippen molar-refractivity contribution < 1.29 is 4.39 Å². The highest BCUT2D eigenvalue weighted by Gasteiger charge is 2.10. The van der Waals surface area contributed by atoms with E-state index in [4.69, 9.17) is 5.84 Å². The number of nitrogens with one attached hydrogen (secondary N) is 1. The molecule has 3 rings (SSSR count). The highest BCUT2D eigenvalue weighted by molar-refractivity contribution is 7.99. The zero-order valence-corrected chi connectivity index (χ0v) is 11.3. The Morgan fingerprint density at radius 1 is 1.24 bits per heavy atom. The highest BCUT2D eigenvalue weighted by atomic mass is 32.2. The number of hydrogen-bond acceptors (Lipinski definition) is 8. The largest absolute Gasteiger partial charge is 0.292 e. The zero-order chi connectivity index (χ0) is 14.7. The van der Waals surface area contributed by atoms with Gasteiger partial charge in [-0.2, -0.15) is 24.7 Å². The number of rotatable bonds is 4. The monoisotopic (exact) mass is 304 g/mol. The second-order valence-corrected chi connectivity index (χ2v) is 4.83. The molecule has 3 N–H and O–H groups in total. The van der Waals surface area contributed by atoms with Gasteiger partial charge in [0.15, 0.2) is 5.16 Å². The predicted octanol–water partition coefficient (Wildman–Crippen LogP) is 1.03. The van der Waals surface area contributed by atoms with E-state index in [1.807, 2.05) is 0 Å². The summed E-state index contributed by atoms with van der Waals surface area (Å²) < 4.78 is 14.6. The van der Waals surface area contributed by atoms with Crippen LogP contribution in [0.2, 0.25) is 0 Å². The van der Waals surface area contributed by atoms with Crippen molar-refractivity contribution in [1.82, 2.24) is 29.7 Å². The van der Waals surface area contributed by atoms with Gasteiger partial charge < -0.3 is 0 Å². The molecule has 0 aliphatic heterocycles. The molecule has 0 unspecified atom stereocenters. The van der Waals surface area contributed by atoms with Gasteiger partial charge in [-0.15, -0.1) is 0 Å². The van der Waals surface area contributed by atoms with E-state index in [2.05, 4.69) is 30.5 Å². The van der Waals surface area contributed by atoms with Gasteiger partial charge in [0, 0.05) is 4.90 Å². The molecular formula is C11H9FN8S. The Labute approximate surface area is 122 Å². The van der Waals surface area contributed by atoms with Gasteiger partial charge in [0.05, 0.1) is 0 Å². The van der Waals surface area contributed by atoms with Crippen LogP contribution < -0.4 is 11.3 Å². The lowest BCUT2D eigenvalue weighted by atomic mass is 10.4. The van der Waals surface area contributed by atoms with Crippen LogP contribution in [-0.4, -0.2) is 29.7 Å². The van der Waals surface area contributed by atoms with Crippen molar-refractivity contribution >= 4 is 17.7 Å². The Balaban J connectivity index is 1.96. The van der Waals surface area contributed by atoms with E-state index in [9.17, 15) is 4.39 Å². The molecule has 0 radical (unpaired) electrons. The average Bonchev–Trinajstić information content (AvgIpc) is 3.01. The van der Waals surface area contributed by atoms with Gasteiger partial charge in [-0.3, -0.25) is 5.43 Å². The van der Waals surface area contributed by atoms with Crippen LogP contribution >= 0.6 is 11.8 Å². The van der Waals surface area contributed by atoms with Crippen LogP contribution in [0.25, 0.3) is 5.95 Å². The minimum atomic E-state index is -0.331. The minimum absolute atomic E-state index is 0.175. The Morgan fingerprint density at radius 3 is 2.86 bits per heavy atom. The molecule has 0 spiro atoms. The normalized spacial score (nSPS) is 10.6. The molecule has 0 atom stereocenters. The lowest BCUT2D eigenvalue weighted by molar-refractivity contribution is 0.624. The molecule has 0 bridgehead atoms. The van der Waals surface area contributed by atoms with Gasteiger partial charge >= 0.3 is 0 Å². The number of aromatic nitrogens is 6. The van der Waals surface area contributed by atoms with Crippen LogP contribution in [-0.2, 0) is 0 Å². The predicted molar refractivity (Wildman–Crippen MR) is 73.1 cm³/mol. The molecule has 10 heteroatoms. The topological polar surface area (TPSA) is 107 Å². The van der Waals surface area contributed by atoms with Crippen molar-refractivity contribution in [3.8, 4) is 5.95 Å². The fraction of sp³-hybridized carbons (Fsp3) is 0. The molecule has 0 saturated heterocycles. The van der Waals surface area contributed by atoms with Crippen LogP contribution in [0.3, 0.4) is 0 Å². The van der Waals surface area contributed by atoms with E-state index < -0.39 is 0 Å². The Bertz CT molecular complexity index is 748. The first-order valence-corrected chi connectivity index (χ1v) is 6.57. The third-order valence-corrected chi connectivity index (χ3v) is 3.22. The lowest BCUT2D eigenvalue weighted by Crippen LogP contribution is -2.14. The third kappa shape index (κ3) is 3.12. The van der Waals surface area contributed by atoms with E-state index >= 15 is 0 Å². The summed E-state index contributed by atoms with van der Waals surface area (Å²) in [5.74, 6) is 5.44. The number of halogens is 1. The number of nitrogens with zero attached hydrogens (tertiary/aromatic N) is 6. The van der Waals surface area contributed by atoms with Gasteiger partial charge in [0.1, 0.15) is 18.5 Å². The second kappa shape index (κ2) is 5.81. The first kappa shape index (κ1) is 13.4. The Morgan fingerprint density at radius 2 is 2.14 bits per heavy atom. The van der Waals surface area contributed by atoms with Crippen molar-refractivity contribution in [3.63, 3.8) is 0 Å². The van der Waals surface area contributed by atoms with Crippen LogP contribution in [0.15, 0.2) is 47.0 Å². The summed E-state index contributed by atoms with van der Waals surface area (Å²) in [6.07, 6.45) is 2.81. The van der Waals surface area contributed by atoms with Gasteiger partial charge in [-0.25, -0.2) is 15.2 Å². The maximum absolute atomic E-state index is 13.2. The van der Waals surface area contributed by atoms with Crippen LogP contribution in [0.5, 0.6) is 0 Å². The molecule has 1 aromatic carbocycles. The maximum atomic E-state index is 13.2. The molecule has 0 amide bonds. The SMILES string of the molecule is NNc1nc(Sc2cccc(F)c2)nc(-n2cncn2)n1. The summed E-state index contributed by atoms with van der Waals surface area (Å²) in [6, 6.07) is 6.12. The van der Waals surface area contributed by atoms with Crippen molar-refractivity contribution in [3.05, 3.63) is 42.7 Å². The van der Waals surface area contributed by atoms with E-state index in [1.54, 1.807) is 12.1 Å². The number of hydrogen-bond donors (Lipinski definition) is 2. The van der Waals surface area contributed by atoms with Crippen LogP contribution in [0.4, 0.5) is 10.3 Å². The summed E-state index contributed by atoms with van der Waals surface area (Å²) in [6.45, 7) is 0. The van der Waals surface area contributed by atoms with Crippen LogP contribution in [0, 0.1) is 5.82 Å². The number of hydrazine groups is 1. The van der Waals surface area contributed by atoms with Gasteiger partial charge in [0.25, 0.3) is 5.95 Å². The van der Waals surface area contributed by atoms with E-state index in [-0.39, 0.29) is 17.7 Å². The summed E-state index contributed by atoms with van der Waals surface area (Å²) in [4.78, 5) is 16.9. The van der Waals surface area contributed by atoms with Crippen molar-refractivity contribution in [2.75, 3.05) is 5.43 Å². The molecule has 0 saturated carbocycles. The summed E-state index contributed by atoms with van der Waals surface area (Å²) >= 11 is 1.18. The number of benzene rings is 1. The van der Waals surface area contributed by atoms with Crippen LogP contribution in [0.1, 0.15) is 0 Å². The molecule has 0 aliphatic rings. The molecular weight excluding hydrogens is 295 g/mol. The van der Waals surface area contributed by atoms with E-state index in [0.29, 0.717) is 10.1 Å². The van der Waals surface area contributed by atoms with Gasteiger partial charge in [-0.1, -0.05) is 6.07 Å². The first-order valence-electron chi connectivity index (χ1n) is 5.76. The summed E-state index contributed by atoms with van der Waals surface area (Å²) in [5, 5.41) is 4.29. The Kier molecular flexibility index (Phi) is 3.71. The van der Waals surface area contributed by atoms with Crippen molar-refractivity contribution in [1.29, 1.82) is 0 Å². The number of nitrogen functional groups attached to an aromatic ring is 1. The quantitative estimate of drug-likeness (QED) is 0.543. The third-order valence-electron chi connectivity index (χ3n) is 2.36. The number of anilines is 1. The summed E-state index contributed by atoms with van der Waals surface area (Å²) in [5.41, 5.74) is 2.36. The minimum Gasteiger partial charge on any atom is -0.292 e. The molecule has 0 fully saturated rings. The molecule has 2 aromatic heterocycles. The zero-order valence-electron chi connectivity index (χ0n) is 10.5. The lowest BCUT2D eigenvalue weighted by Gasteiger charge is -2.05. The van der Waals surface area contributed by atoms with Gasteiger partial charge in [0.2, 0.25) is 5.95 Å². The molecule has 21 heavy (non-hydrogen) atoms. The summed E-state index contributed by atoms with van der Waals surface area (Å²) in [7, 11) is 0. The second-order valence-electron chi connectivity index (χ2n) is 3.79. The smallest absolute Gasteiger partial charge is 0.257 e.